The third kappa shape index (κ3) is 4.97. The van der Waals surface area contributed by atoms with E-state index in [0.717, 1.165) is 23.6 Å². The molecule has 0 spiro atoms. The van der Waals surface area contributed by atoms with Gasteiger partial charge in [0.15, 0.2) is 0 Å². The predicted octanol–water partition coefficient (Wildman–Crippen LogP) is 3.85. The Balaban J connectivity index is 2.43. The summed E-state index contributed by atoms with van der Waals surface area (Å²) < 4.78 is 0. The first-order valence-corrected chi connectivity index (χ1v) is 7.13. The van der Waals surface area contributed by atoms with Gasteiger partial charge < -0.3 is 10.6 Å². The molecular formula is C15H25ClN2. The van der Waals surface area contributed by atoms with Crippen LogP contribution in [-0.4, -0.2) is 24.5 Å². The summed E-state index contributed by atoms with van der Waals surface area (Å²) in [4.78, 5) is 2.38. The molecular weight excluding hydrogens is 244 g/mol. The fraction of sp³-hybridized carbons (Fsp3) is 0.600. The minimum atomic E-state index is 0.0694. The van der Waals surface area contributed by atoms with Gasteiger partial charge >= 0.3 is 0 Å². The van der Waals surface area contributed by atoms with E-state index in [0.29, 0.717) is 6.04 Å². The van der Waals surface area contributed by atoms with Crippen molar-refractivity contribution < 1.29 is 0 Å². The topological polar surface area (TPSA) is 29.3 Å². The molecule has 2 N–H and O–H groups in total. The number of rotatable bonds is 7. The number of benzene rings is 1. The van der Waals surface area contributed by atoms with E-state index in [4.69, 9.17) is 17.3 Å². The molecule has 1 aromatic rings. The van der Waals surface area contributed by atoms with Gasteiger partial charge in [0.2, 0.25) is 0 Å². The molecule has 102 valence electrons. The number of nitrogens with zero attached hydrogens (tertiary/aromatic N) is 1. The van der Waals surface area contributed by atoms with Gasteiger partial charge in [-0.05, 0) is 51.1 Å². The summed E-state index contributed by atoms with van der Waals surface area (Å²) in [6, 6.07) is 8.54. The van der Waals surface area contributed by atoms with E-state index in [-0.39, 0.29) is 6.04 Å². The zero-order chi connectivity index (χ0) is 13.5. The Hall–Kier alpha value is -0.570. The summed E-state index contributed by atoms with van der Waals surface area (Å²) in [5.74, 6) is 0. The molecule has 1 aromatic carbocycles. The highest BCUT2D eigenvalue weighted by molar-refractivity contribution is 6.30. The van der Waals surface area contributed by atoms with Crippen molar-refractivity contribution in [3.8, 4) is 0 Å². The van der Waals surface area contributed by atoms with E-state index in [9.17, 15) is 0 Å². The summed E-state index contributed by atoms with van der Waals surface area (Å²) in [6.07, 6.45) is 3.43. The first-order valence-electron chi connectivity index (χ1n) is 6.75. The zero-order valence-electron chi connectivity index (χ0n) is 11.7. The summed E-state index contributed by atoms with van der Waals surface area (Å²) >= 11 is 5.98. The van der Waals surface area contributed by atoms with E-state index in [1.165, 1.54) is 12.8 Å². The Bertz CT molecular complexity index is 354. The van der Waals surface area contributed by atoms with Gasteiger partial charge in [0, 0.05) is 17.1 Å². The SMILES string of the molecule is CCCC(C)N(C)CCC(N)c1cccc(Cl)c1. The Morgan fingerprint density at radius 1 is 1.33 bits per heavy atom. The van der Waals surface area contributed by atoms with Gasteiger partial charge in [0.25, 0.3) is 0 Å². The monoisotopic (exact) mass is 268 g/mol. The molecule has 3 heteroatoms. The Morgan fingerprint density at radius 3 is 2.67 bits per heavy atom. The first kappa shape index (κ1) is 15.5. The largest absolute Gasteiger partial charge is 0.324 e. The van der Waals surface area contributed by atoms with Crippen molar-refractivity contribution in [2.45, 2.75) is 45.2 Å². The highest BCUT2D eigenvalue weighted by Gasteiger charge is 2.11. The number of nitrogens with two attached hydrogens (primary N) is 1. The molecule has 0 aliphatic heterocycles. The Morgan fingerprint density at radius 2 is 2.06 bits per heavy atom. The lowest BCUT2D eigenvalue weighted by molar-refractivity contribution is 0.236. The molecule has 0 saturated carbocycles. The number of halogens is 1. The van der Waals surface area contributed by atoms with Crippen molar-refractivity contribution >= 4 is 11.6 Å². The highest BCUT2D eigenvalue weighted by atomic mass is 35.5. The average molecular weight is 269 g/mol. The lowest BCUT2D eigenvalue weighted by atomic mass is 10.0. The second kappa shape index (κ2) is 7.78. The molecule has 2 atom stereocenters. The Labute approximate surface area is 116 Å². The standard InChI is InChI=1S/C15H25ClN2/c1-4-6-12(2)18(3)10-9-15(17)13-7-5-8-14(16)11-13/h5,7-8,11-12,15H,4,6,9-10,17H2,1-3H3. The lowest BCUT2D eigenvalue weighted by Gasteiger charge is -2.25. The van der Waals surface area contributed by atoms with E-state index in [2.05, 4.69) is 25.8 Å². The van der Waals surface area contributed by atoms with E-state index >= 15 is 0 Å². The van der Waals surface area contributed by atoms with Crippen LogP contribution in [0.2, 0.25) is 5.02 Å². The van der Waals surface area contributed by atoms with Crippen LogP contribution in [0.25, 0.3) is 0 Å². The van der Waals surface area contributed by atoms with Crippen LogP contribution in [0.1, 0.15) is 44.7 Å². The van der Waals surface area contributed by atoms with Crippen molar-refractivity contribution in [1.82, 2.24) is 4.90 Å². The molecule has 0 aliphatic rings. The van der Waals surface area contributed by atoms with Crippen molar-refractivity contribution in [2.75, 3.05) is 13.6 Å². The maximum atomic E-state index is 6.20. The van der Waals surface area contributed by atoms with Crippen LogP contribution in [-0.2, 0) is 0 Å². The van der Waals surface area contributed by atoms with E-state index in [1.54, 1.807) is 0 Å². The summed E-state index contributed by atoms with van der Waals surface area (Å²) in [5, 5.41) is 0.760. The third-order valence-corrected chi connectivity index (χ3v) is 3.76. The van der Waals surface area contributed by atoms with Crippen LogP contribution >= 0.6 is 11.6 Å². The second-order valence-corrected chi connectivity index (χ2v) is 5.50. The van der Waals surface area contributed by atoms with Crippen LogP contribution in [0.4, 0.5) is 0 Å². The van der Waals surface area contributed by atoms with Gasteiger partial charge in [0.1, 0.15) is 0 Å². The fourth-order valence-corrected chi connectivity index (χ4v) is 2.30. The summed E-state index contributed by atoms with van der Waals surface area (Å²) in [7, 11) is 2.17. The van der Waals surface area contributed by atoms with Crippen LogP contribution in [0.3, 0.4) is 0 Å². The van der Waals surface area contributed by atoms with E-state index in [1.807, 2.05) is 24.3 Å². The second-order valence-electron chi connectivity index (χ2n) is 5.07. The number of hydrogen-bond acceptors (Lipinski definition) is 2. The van der Waals surface area contributed by atoms with Crippen LogP contribution in [0.5, 0.6) is 0 Å². The molecule has 0 heterocycles. The molecule has 0 saturated heterocycles. The van der Waals surface area contributed by atoms with Crippen LogP contribution in [0, 0.1) is 0 Å². The van der Waals surface area contributed by atoms with Crippen molar-refractivity contribution in [1.29, 1.82) is 0 Å². The molecule has 0 amide bonds. The van der Waals surface area contributed by atoms with Gasteiger partial charge in [-0.25, -0.2) is 0 Å². The third-order valence-electron chi connectivity index (χ3n) is 3.53. The molecule has 0 aliphatic carbocycles. The molecule has 2 nitrogen and oxygen atoms in total. The number of hydrogen-bond donors (Lipinski definition) is 1. The minimum absolute atomic E-state index is 0.0694. The van der Waals surface area contributed by atoms with Crippen molar-refractivity contribution in [3.05, 3.63) is 34.9 Å². The highest BCUT2D eigenvalue weighted by Crippen LogP contribution is 2.19. The molecule has 0 bridgehead atoms. The molecule has 1 rings (SSSR count). The van der Waals surface area contributed by atoms with Gasteiger partial charge in [0.05, 0.1) is 0 Å². The molecule has 0 radical (unpaired) electrons. The van der Waals surface area contributed by atoms with Gasteiger partial charge in [-0.2, -0.15) is 0 Å². The van der Waals surface area contributed by atoms with E-state index < -0.39 is 0 Å². The zero-order valence-corrected chi connectivity index (χ0v) is 12.5. The quantitative estimate of drug-likeness (QED) is 0.814. The maximum absolute atomic E-state index is 6.20. The molecule has 2 unspecified atom stereocenters. The van der Waals surface area contributed by atoms with Crippen molar-refractivity contribution in [3.63, 3.8) is 0 Å². The normalized spacial score (nSPS) is 14.8. The molecule has 18 heavy (non-hydrogen) atoms. The lowest BCUT2D eigenvalue weighted by Crippen LogP contribution is -2.31. The fourth-order valence-electron chi connectivity index (χ4n) is 2.11. The first-order chi connectivity index (χ1) is 8.54. The van der Waals surface area contributed by atoms with Gasteiger partial charge in [-0.3, -0.25) is 0 Å². The van der Waals surface area contributed by atoms with Crippen molar-refractivity contribution in [2.24, 2.45) is 5.73 Å². The molecule has 0 fully saturated rings. The average Bonchev–Trinajstić information content (AvgIpc) is 2.35. The summed E-state index contributed by atoms with van der Waals surface area (Å²) in [5.41, 5.74) is 7.33. The van der Waals surface area contributed by atoms with Crippen LogP contribution < -0.4 is 5.73 Å². The minimum Gasteiger partial charge on any atom is -0.324 e. The smallest absolute Gasteiger partial charge is 0.0409 e. The maximum Gasteiger partial charge on any atom is 0.0409 e. The predicted molar refractivity (Wildman–Crippen MR) is 80.0 cm³/mol. The molecule has 0 aromatic heterocycles. The van der Waals surface area contributed by atoms with Gasteiger partial charge in [-0.1, -0.05) is 37.1 Å². The summed E-state index contributed by atoms with van der Waals surface area (Å²) in [6.45, 7) is 5.52. The van der Waals surface area contributed by atoms with Crippen LogP contribution in [0.15, 0.2) is 24.3 Å². The van der Waals surface area contributed by atoms with Gasteiger partial charge in [-0.15, -0.1) is 0 Å². The Kier molecular flexibility index (Phi) is 6.69.